The van der Waals surface area contributed by atoms with Crippen LogP contribution in [0, 0.1) is 0 Å². The van der Waals surface area contributed by atoms with E-state index in [1.807, 2.05) is 30.3 Å². The molecule has 8 nitrogen and oxygen atoms in total. The molecule has 0 aliphatic heterocycles. The van der Waals surface area contributed by atoms with Crippen molar-refractivity contribution in [2.45, 2.75) is 50.7 Å². The molecule has 1 saturated carbocycles. The minimum atomic E-state index is -0.166. The number of para-hydroxylation sites is 1. The highest BCUT2D eigenvalue weighted by molar-refractivity contribution is 5.95. The molecule has 0 bridgehead atoms. The van der Waals surface area contributed by atoms with Gasteiger partial charge in [-0.3, -0.25) is 14.3 Å². The SMILES string of the molecule is O=C(CCCn1cncn1)N[C@@H]1CC[C@H](NC(=O)c2ccc3ccccc3n2)C1. The third-order valence-corrected chi connectivity index (χ3v) is 5.22. The van der Waals surface area contributed by atoms with Crippen LogP contribution in [0.2, 0.25) is 0 Å². The van der Waals surface area contributed by atoms with Crippen molar-refractivity contribution in [1.29, 1.82) is 0 Å². The highest BCUT2D eigenvalue weighted by Gasteiger charge is 2.27. The highest BCUT2D eigenvalue weighted by Crippen LogP contribution is 2.20. The number of carbonyl (C=O) groups excluding carboxylic acids is 2. The van der Waals surface area contributed by atoms with Crippen LogP contribution >= 0.6 is 0 Å². The van der Waals surface area contributed by atoms with Crippen molar-refractivity contribution in [3.8, 4) is 0 Å². The lowest BCUT2D eigenvalue weighted by Crippen LogP contribution is -2.37. The van der Waals surface area contributed by atoms with Gasteiger partial charge in [0.1, 0.15) is 18.3 Å². The Hall–Kier alpha value is -3.29. The summed E-state index contributed by atoms with van der Waals surface area (Å²) in [6.45, 7) is 0.676. The van der Waals surface area contributed by atoms with Crippen LogP contribution in [0.1, 0.15) is 42.6 Å². The molecule has 1 aliphatic rings. The molecule has 8 heteroatoms. The number of hydrogen-bond donors (Lipinski definition) is 2. The van der Waals surface area contributed by atoms with Crippen LogP contribution in [0.5, 0.6) is 0 Å². The van der Waals surface area contributed by atoms with Gasteiger partial charge < -0.3 is 10.6 Å². The summed E-state index contributed by atoms with van der Waals surface area (Å²) < 4.78 is 1.72. The zero-order valence-electron chi connectivity index (χ0n) is 16.1. The fourth-order valence-corrected chi connectivity index (χ4v) is 3.75. The molecule has 2 heterocycles. The van der Waals surface area contributed by atoms with Crippen molar-refractivity contribution in [3.63, 3.8) is 0 Å². The first-order valence-electron chi connectivity index (χ1n) is 9.96. The summed E-state index contributed by atoms with van der Waals surface area (Å²) in [6.07, 6.45) is 6.76. The average Bonchev–Trinajstić information content (AvgIpc) is 3.40. The summed E-state index contributed by atoms with van der Waals surface area (Å²) in [6, 6.07) is 11.5. The molecule has 1 aromatic carbocycles. The van der Waals surface area contributed by atoms with Gasteiger partial charge >= 0.3 is 0 Å². The van der Waals surface area contributed by atoms with Crippen LogP contribution in [0.25, 0.3) is 10.9 Å². The van der Waals surface area contributed by atoms with E-state index in [0.717, 1.165) is 36.6 Å². The monoisotopic (exact) mass is 392 g/mol. The lowest BCUT2D eigenvalue weighted by Gasteiger charge is -2.15. The Morgan fingerprint density at radius 3 is 2.72 bits per heavy atom. The lowest BCUT2D eigenvalue weighted by atomic mass is 10.2. The summed E-state index contributed by atoms with van der Waals surface area (Å²) >= 11 is 0. The van der Waals surface area contributed by atoms with E-state index in [1.54, 1.807) is 17.1 Å². The molecule has 2 atom stereocenters. The number of aryl methyl sites for hydroxylation is 1. The molecule has 4 rings (SSSR count). The lowest BCUT2D eigenvalue weighted by molar-refractivity contribution is -0.121. The van der Waals surface area contributed by atoms with Gasteiger partial charge in [-0.1, -0.05) is 24.3 Å². The third kappa shape index (κ3) is 4.96. The minimum absolute atomic E-state index is 0.0401. The van der Waals surface area contributed by atoms with E-state index in [-0.39, 0.29) is 23.9 Å². The number of benzene rings is 1. The van der Waals surface area contributed by atoms with Crippen LogP contribution < -0.4 is 10.6 Å². The summed E-state index contributed by atoms with van der Waals surface area (Å²) in [5.41, 5.74) is 1.23. The molecule has 0 saturated heterocycles. The quantitative estimate of drug-likeness (QED) is 0.641. The zero-order valence-corrected chi connectivity index (χ0v) is 16.1. The van der Waals surface area contributed by atoms with Crippen molar-refractivity contribution >= 4 is 22.7 Å². The van der Waals surface area contributed by atoms with Gasteiger partial charge in [-0.15, -0.1) is 0 Å². The molecular formula is C21H24N6O2. The second-order valence-electron chi connectivity index (χ2n) is 7.40. The molecule has 0 spiro atoms. The van der Waals surface area contributed by atoms with Crippen LogP contribution in [0.4, 0.5) is 0 Å². The number of fused-ring (bicyclic) bond motifs is 1. The van der Waals surface area contributed by atoms with E-state index in [2.05, 4.69) is 25.7 Å². The van der Waals surface area contributed by atoms with E-state index >= 15 is 0 Å². The number of nitrogens with zero attached hydrogens (tertiary/aromatic N) is 4. The number of amides is 2. The van der Waals surface area contributed by atoms with Crippen LogP contribution in [0.3, 0.4) is 0 Å². The van der Waals surface area contributed by atoms with Gasteiger partial charge in [0.05, 0.1) is 5.52 Å². The van der Waals surface area contributed by atoms with Gasteiger partial charge in [-0.05, 0) is 37.8 Å². The number of hydrogen-bond acceptors (Lipinski definition) is 5. The fourth-order valence-electron chi connectivity index (χ4n) is 3.75. The van der Waals surface area contributed by atoms with Crippen molar-refractivity contribution in [1.82, 2.24) is 30.4 Å². The minimum Gasteiger partial charge on any atom is -0.353 e. The van der Waals surface area contributed by atoms with Gasteiger partial charge in [0.25, 0.3) is 5.91 Å². The Bertz CT molecular complexity index is 988. The zero-order chi connectivity index (χ0) is 20.1. The maximum Gasteiger partial charge on any atom is 0.270 e. The highest BCUT2D eigenvalue weighted by atomic mass is 16.2. The van der Waals surface area contributed by atoms with Gasteiger partial charge in [-0.2, -0.15) is 5.10 Å². The second-order valence-corrected chi connectivity index (χ2v) is 7.40. The molecule has 0 radical (unpaired) electrons. The summed E-state index contributed by atoms with van der Waals surface area (Å²) in [7, 11) is 0. The Balaban J connectivity index is 1.22. The normalized spacial score (nSPS) is 18.6. The van der Waals surface area contributed by atoms with Gasteiger partial charge in [-0.25, -0.2) is 9.97 Å². The largest absolute Gasteiger partial charge is 0.353 e. The Morgan fingerprint density at radius 2 is 1.90 bits per heavy atom. The predicted molar refractivity (Wildman–Crippen MR) is 108 cm³/mol. The third-order valence-electron chi connectivity index (χ3n) is 5.22. The van der Waals surface area contributed by atoms with Crippen molar-refractivity contribution in [2.75, 3.05) is 0 Å². The van der Waals surface area contributed by atoms with Crippen molar-refractivity contribution < 1.29 is 9.59 Å². The number of pyridine rings is 1. The van der Waals surface area contributed by atoms with Crippen molar-refractivity contribution in [2.24, 2.45) is 0 Å². The first kappa shape index (κ1) is 19.0. The first-order valence-corrected chi connectivity index (χ1v) is 9.96. The molecule has 2 aromatic heterocycles. The Morgan fingerprint density at radius 1 is 1.07 bits per heavy atom. The fraction of sp³-hybridized carbons (Fsp3) is 0.381. The van der Waals surface area contributed by atoms with Gasteiger partial charge in [0.2, 0.25) is 5.91 Å². The number of aromatic nitrogens is 4. The predicted octanol–water partition coefficient (Wildman–Crippen LogP) is 2.07. The summed E-state index contributed by atoms with van der Waals surface area (Å²) in [5, 5.41) is 11.2. The molecule has 150 valence electrons. The molecule has 2 amide bonds. The van der Waals surface area contributed by atoms with Gasteiger partial charge in [0, 0.05) is 30.4 Å². The number of nitrogens with one attached hydrogen (secondary N) is 2. The van der Waals surface area contributed by atoms with E-state index in [4.69, 9.17) is 0 Å². The standard InChI is InChI=1S/C21H24N6O2/c28-20(6-3-11-27-14-22-13-23-27)24-16-8-9-17(12-16)25-21(29)19-10-7-15-4-1-2-5-18(15)26-19/h1-2,4-5,7,10,13-14,16-17H,3,6,8-9,11-12H2,(H,24,28)(H,25,29)/t16-,17+/m1/s1. The molecule has 2 N–H and O–H groups in total. The van der Waals surface area contributed by atoms with E-state index < -0.39 is 0 Å². The molecule has 1 fully saturated rings. The Kier molecular flexibility index (Phi) is 5.79. The average molecular weight is 392 g/mol. The maximum absolute atomic E-state index is 12.6. The van der Waals surface area contributed by atoms with Gasteiger partial charge in [0.15, 0.2) is 0 Å². The Labute approximate surface area is 168 Å². The van der Waals surface area contributed by atoms with Crippen LogP contribution in [-0.2, 0) is 11.3 Å². The van der Waals surface area contributed by atoms with Crippen molar-refractivity contribution in [3.05, 3.63) is 54.7 Å². The second kappa shape index (κ2) is 8.81. The molecule has 0 unspecified atom stereocenters. The molecular weight excluding hydrogens is 368 g/mol. The summed E-state index contributed by atoms with van der Waals surface area (Å²) in [5.74, 6) is -0.126. The molecule has 29 heavy (non-hydrogen) atoms. The molecule has 3 aromatic rings. The smallest absolute Gasteiger partial charge is 0.270 e. The number of rotatable bonds is 7. The van der Waals surface area contributed by atoms with Crippen LogP contribution in [0.15, 0.2) is 49.1 Å². The van der Waals surface area contributed by atoms with Crippen LogP contribution in [-0.4, -0.2) is 43.6 Å². The molecule has 1 aliphatic carbocycles. The number of carbonyl (C=O) groups is 2. The topological polar surface area (TPSA) is 102 Å². The van der Waals surface area contributed by atoms with E-state index in [9.17, 15) is 9.59 Å². The van der Waals surface area contributed by atoms with E-state index in [0.29, 0.717) is 18.7 Å². The maximum atomic E-state index is 12.6. The summed E-state index contributed by atoms with van der Waals surface area (Å²) in [4.78, 5) is 33.0. The first-order chi connectivity index (χ1) is 14.2. The van der Waals surface area contributed by atoms with E-state index in [1.165, 1.54) is 6.33 Å².